The van der Waals surface area contributed by atoms with E-state index in [0.717, 1.165) is 19.4 Å². The van der Waals surface area contributed by atoms with Crippen LogP contribution in [-0.4, -0.2) is 24.2 Å². The molecule has 0 saturated heterocycles. The molecule has 0 aliphatic heterocycles. The van der Waals surface area contributed by atoms with Gasteiger partial charge < -0.3 is 16.2 Å². The molecule has 0 heterocycles. The molecular weight excluding hydrogens is 142 g/mol. The van der Waals surface area contributed by atoms with Crippen molar-refractivity contribution in [1.82, 2.24) is 5.32 Å². The SMILES string of the molecule is CC(CO)CCCNC(=N)N. The summed E-state index contributed by atoms with van der Waals surface area (Å²) in [7, 11) is 0. The Bertz CT molecular complexity index is 116. The minimum atomic E-state index is 0.0154. The van der Waals surface area contributed by atoms with Crippen molar-refractivity contribution in [2.45, 2.75) is 19.8 Å². The standard InChI is InChI=1S/C7H17N3O/c1-6(5-11)3-2-4-10-7(8)9/h6,11H,2-5H2,1H3,(H4,8,9,10). The van der Waals surface area contributed by atoms with E-state index in [9.17, 15) is 0 Å². The summed E-state index contributed by atoms with van der Waals surface area (Å²) in [4.78, 5) is 0. The molecule has 0 spiro atoms. The molecule has 0 aliphatic carbocycles. The van der Waals surface area contributed by atoms with E-state index in [0.29, 0.717) is 5.92 Å². The topological polar surface area (TPSA) is 82.1 Å². The molecule has 0 fully saturated rings. The van der Waals surface area contributed by atoms with Crippen LogP contribution in [-0.2, 0) is 0 Å². The fourth-order valence-corrected chi connectivity index (χ4v) is 0.765. The monoisotopic (exact) mass is 159 g/mol. The van der Waals surface area contributed by atoms with Gasteiger partial charge in [0.2, 0.25) is 0 Å². The van der Waals surface area contributed by atoms with E-state index in [-0.39, 0.29) is 12.6 Å². The lowest BCUT2D eigenvalue weighted by molar-refractivity contribution is 0.228. The van der Waals surface area contributed by atoms with Gasteiger partial charge in [-0.15, -0.1) is 0 Å². The molecule has 0 saturated carbocycles. The van der Waals surface area contributed by atoms with E-state index < -0.39 is 0 Å². The van der Waals surface area contributed by atoms with Gasteiger partial charge in [0.25, 0.3) is 0 Å². The van der Waals surface area contributed by atoms with Crippen molar-refractivity contribution in [1.29, 1.82) is 5.41 Å². The molecule has 0 rings (SSSR count). The number of nitrogens with one attached hydrogen (secondary N) is 2. The van der Waals surface area contributed by atoms with Crippen LogP contribution in [0.2, 0.25) is 0 Å². The van der Waals surface area contributed by atoms with E-state index in [1.165, 1.54) is 0 Å². The lowest BCUT2D eigenvalue weighted by atomic mass is 10.1. The lowest BCUT2D eigenvalue weighted by Crippen LogP contribution is -2.31. The van der Waals surface area contributed by atoms with Crippen molar-refractivity contribution in [3.05, 3.63) is 0 Å². The van der Waals surface area contributed by atoms with Gasteiger partial charge in [0.1, 0.15) is 0 Å². The van der Waals surface area contributed by atoms with Gasteiger partial charge in [0.15, 0.2) is 5.96 Å². The van der Waals surface area contributed by atoms with Crippen LogP contribution in [0.15, 0.2) is 0 Å². The predicted molar refractivity (Wildman–Crippen MR) is 45.4 cm³/mol. The van der Waals surface area contributed by atoms with Crippen LogP contribution in [0.3, 0.4) is 0 Å². The van der Waals surface area contributed by atoms with Crippen LogP contribution < -0.4 is 11.1 Å². The second-order valence-electron chi connectivity index (χ2n) is 2.77. The highest BCUT2D eigenvalue weighted by molar-refractivity contribution is 5.74. The molecule has 66 valence electrons. The van der Waals surface area contributed by atoms with Gasteiger partial charge in [-0.05, 0) is 18.8 Å². The van der Waals surface area contributed by atoms with Crippen LogP contribution in [0.5, 0.6) is 0 Å². The van der Waals surface area contributed by atoms with Gasteiger partial charge >= 0.3 is 0 Å². The Labute approximate surface area is 67.3 Å². The first kappa shape index (κ1) is 10.2. The summed E-state index contributed by atoms with van der Waals surface area (Å²) in [6.45, 7) is 2.95. The van der Waals surface area contributed by atoms with Gasteiger partial charge in [-0.2, -0.15) is 0 Å². The third-order valence-corrected chi connectivity index (χ3v) is 1.50. The number of aliphatic hydroxyl groups is 1. The largest absolute Gasteiger partial charge is 0.396 e. The highest BCUT2D eigenvalue weighted by Gasteiger charge is 1.98. The molecule has 0 aliphatic rings. The molecule has 0 aromatic heterocycles. The number of nitrogens with two attached hydrogens (primary N) is 1. The fraction of sp³-hybridized carbons (Fsp3) is 0.857. The summed E-state index contributed by atoms with van der Waals surface area (Å²) < 4.78 is 0. The van der Waals surface area contributed by atoms with Crippen molar-refractivity contribution in [3.63, 3.8) is 0 Å². The second kappa shape index (κ2) is 5.97. The number of hydrogen-bond acceptors (Lipinski definition) is 2. The van der Waals surface area contributed by atoms with Gasteiger partial charge in [0, 0.05) is 13.2 Å². The summed E-state index contributed by atoms with van der Waals surface area (Å²) in [6.07, 6.45) is 1.91. The molecule has 4 heteroatoms. The molecule has 0 amide bonds. The normalized spacial score (nSPS) is 12.5. The summed E-state index contributed by atoms with van der Waals surface area (Å²) in [5.74, 6) is 0.366. The Hall–Kier alpha value is -0.770. The summed E-state index contributed by atoms with van der Waals surface area (Å²) in [5, 5.41) is 18.2. The Balaban J connectivity index is 3.08. The summed E-state index contributed by atoms with van der Waals surface area (Å²) in [6, 6.07) is 0. The summed E-state index contributed by atoms with van der Waals surface area (Å²) in [5.41, 5.74) is 5.06. The first-order valence-electron chi connectivity index (χ1n) is 3.85. The Morgan fingerprint density at radius 3 is 2.82 bits per heavy atom. The zero-order chi connectivity index (χ0) is 8.69. The van der Waals surface area contributed by atoms with E-state index in [2.05, 4.69) is 5.32 Å². The van der Waals surface area contributed by atoms with E-state index in [1.54, 1.807) is 0 Å². The molecule has 4 nitrogen and oxygen atoms in total. The molecule has 1 unspecified atom stereocenters. The first-order chi connectivity index (χ1) is 5.16. The maximum absolute atomic E-state index is 8.66. The average molecular weight is 159 g/mol. The van der Waals surface area contributed by atoms with Crippen LogP contribution in [0.25, 0.3) is 0 Å². The number of rotatable bonds is 5. The number of guanidine groups is 1. The third-order valence-electron chi connectivity index (χ3n) is 1.50. The Morgan fingerprint density at radius 2 is 2.36 bits per heavy atom. The minimum absolute atomic E-state index is 0.0154. The minimum Gasteiger partial charge on any atom is -0.396 e. The van der Waals surface area contributed by atoms with E-state index in [1.807, 2.05) is 6.92 Å². The van der Waals surface area contributed by atoms with Crippen LogP contribution in [0.4, 0.5) is 0 Å². The van der Waals surface area contributed by atoms with E-state index in [4.69, 9.17) is 16.2 Å². The van der Waals surface area contributed by atoms with Gasteiger partial charge in [-0.25, -0.2) is 0 Å². The van der Waals surface area contributed by atoms with Gasteiger partial charge in [-0.3, -0.25) is 5.41 Å². The maximum atomic E-state index is 8.66. The zero-order valence-corrected chi connectivity index (χ0v) is 6.93. The molecule has 1 atom stereocenters. The second-order valence-corrected chi connectivity index (χ2v) is 2.77. The lowest BCUT2D eigenvalue weighted by Gasteiger charge is -2.07. The smallest absolute Gasteiger partial charge is 0.185 e. The van der Waals surface area contributed by atoms with Gasteiger partial charge in [0.05, 0.1) is 0 Å². The average Bonchev–Trinajstić information content (AvgIpc) is 1.97. The molecule has 0 aromatic carbocycles. The maximum Gasteiger partial charge on any atom is 0.185 e. The third kappa shape index (κ3) is 7.12. The molecular formula is C7H17N3O. The summed E-state index contributed by atoms with van der Waals surface area (Å²) >= 11 is 0. The number of aliphatic hydroxyl groups excluding tert-OH is 1. The molecule has 0 radical (unpaired) electrons. The van der Waals surface area contributed by atoms with Crippen LogP contribution >= 0.6 is 0 Å². The van der Waals surface area contributed by atoms with Crippen molar-refractivity contribution < 1.29 is 5.11 Å². The van der Waals surface area contributed by atoms with Crippen LogP contribution in [0.1, 0.15) is 19.8 Å². The molecule has 0 bridgehead atoms. The van der Waals surface area contributed by atoms with Crippen molar-refractivity contribution in [3.8, 4) is 0 Å². The van der Waals surface area contributed by atoms with Crippen LogP contribution in [0, 0.1) is 11.3 Å². The molecule has 0 aromatic rings. The fourth-order valence-electron chi connectivity index (χ4n) is 0.765. The zero-order valence-electron chi connectivity index (χ0n) is 6.93. The number of hydrogen-bond donors (Lipinski definition) is 4. The predicted octanol–water partition coefficient (Wildman–Crippen LogP) is -0.122. The first-order valence-corrected chi connectivity index (χ1v) is 3.85. The Morgan fingerprint density at radius 1 is 1.73 bits per heavy atom. The highest BCUT2D eigenvalue weighted by Crippen LogP contribution is 2.02. The molecule has 5 N–H and O–H groups in total. The quantitative estimate of drug-likeness (QED) is 0.256. The van der Waals surface area contributed by atoms with Gasteiger partial charge in [-0.1, -0.05) is 6.92 Å². The van der Waals surface area contributed by atoms with E-state index >= 15 is 0 Å². The molecule has 11 heavy (non-hydrogen) atoms. The van der Waals surface area contributed by atoms with Crippen molar-refractivity contribution >= 4 is 5.96 Å². The Kier molecular flexibility index (Phi) is 5.56. The van der Waals surface area contributed by atoms with Crippen molar-refractivity contribution in [2.75, 3.05) is 13.2 Å². The highest BCUT2D eigenvalue weighted by atomic mass is 16.3. The van der Waals surface area contributed by atoms with Crippen molar-refractivity contribution in [2.24, 2.45) is 11.7 Å².